The van der Waals surface area contributed by atoms with Gasteiger partial charge in [0.05, 0.1) is 5.41 Å². The lowest BCUT2D eigenvalue weighted by atomic mass is 9.81. The molecule has 1 unspecified atom stereocenters. The van der Waals surface area contributed by atoms with Gasteiger partial charge in [0, 0.05) is 6.54 Å². The monoisotopic (exact) mass is 256 g/mol. The summed E-state index contributed by atoms with van der Waals surface area (Å²) in [6.45, 7) is 7.34. The van der Waals surface area contributed by atoms with Crippen molar-refractivity contribution >= 4 is 11.9 Å². The van der Waals surface area contributed by atoms with Crippen LogP contribution in [0.25, 0.3) is 0 Å². The summed E-state index contributed by atoms with van der Waals surface area (Å²) in [5.41, 5.74) is -0.483. The van der Waals surface area contributed by atoms with Crippen LogP contribution >= 0.6 is 0 Å². The normalized spacial score (nSPS) is 25.8. The molecule has 0 aromatic heterocycles. The van der Waals surface area contributed by atoms with Crippen LogP contribution in [-0.2, 0) is 9.59 Å². The van der Waals surface area contributed by atoms with E-state index in [0.29, 0.717) is 13.0 Å². The molecule has 0 aromatic rings. The number of carboxylic acids is 1. The number of carbonyl (C=O) groups excluding carboxylic acids is 1. The Morgan fingerprint density at radius 1 is 1.44 bits per heavy atom. The minimum atomic E-state index is -0.954. The number of aliphatic carboxylic acids is 1. The van der Waals surface area contributed by atoms with Gasteiger partial charge in [-0.3, -0.25) is 4.79 Å². The first-order valence-corrected chi connectivity index (χ1v) is 6.59. The Hall–Kier alpha value is -1.10. The highest BCUT2D eigenvalue weighted by Gasteiger charge is 2.36. The first-order valence-electron chi connectivity index (χ1n) is 6.59. The Morgan fingerprint density at radius 3 is 2.56 bits per heavy atom. The largest absolute Gasteiger partial charge is 0.480 e. The molecule has 1 fully saturated rings. The quantitative estimate of drug-likeness (QED) is 0.685. The maximum absolute atomic E-state index is 12.2. The van der Waals surface area contributed by atoms with Crippen LogP contribution in [0.1, 0.15) is 40.0 Å². The fourth-order valence-electron chi connectivity index (χ4n) is 2.28. The summed E-state index contributed by atoms with van der Waals surface area (Å²) < 4.78 is 0. The number of hydrogen-bond donors (Lipinski definition) is 3. The lowest BCUT2D eigenvalue weighted by Gasteiger charge is -2.33. The molecule has 3 N–H and O–H groups in total. The van der Waals surface area contributed by atoms with E-state index in [2.05, 4.69) is 10.6 Å². The molecule has 1 aliphatic heterocycles. The van der Waals surface area contributed by atoms with Crippen molar-refractivity contribution in [3.63, 3.8) is 0 Å². The number of amides is 1. The number of piperidine rings is 1. The van der Waals surface area contributed by atoms with Crippen LogP contribution in [0.3, 0.4) is 0 Å². The standard InChI is InChI=1S/C13H24N2O3/c1-9(2)7-10(11(16)17)15-12(18)13(3)5-4-6-14-8-13/h9-10,14H,4-8H2,1-3H3,(H,15,18)(H,16,17)/t10-,13?/m1/s1. The molecule has 1 aliphatic rings. The highest BCUT2D eigenvalue weighted by Crippen LogP contribution is 2.25. The molecule has 18 heavy (non-hydrogen) atoms. The van der Waals surface area contributed by atoms with Gasteiger partial charge >= 0.3 is 5.97 Å². The van der Waals surface area contributed by atoms with Crippen molar-refractivity contribution in [1.82, 2.24) is 10.6 Å². The highest BCUT2D eigenvalue weighted by atomic mass is 16.4. The Kier molecular flexibility index (Phi) is 5.14. The number of rotatable bonds is 5. The number of nitrogens with one attached hydrogen (secondary N) is 2. The molecule has 2 atom stereocenters. The van der Waals surface area contributed by atoms with Gasteiger partial charge < -0.3 is 15.7 Å². The third kappa shape index (κ3) is 3.98. The second kappa shape index (κ2) is 6.18. The molecule has 0 spiro atoms. The predicted molar refractivity (Wildman–Crippen MR) is 69.2 cm³/mol. The van der Waals surface area contributed by atoms with Crippen molar-refractivity contribution in [3.05, 3.63) is 0 Å². The van der Waals surface area contributed by atoms with Crippen LogP contribution in [0.15, 0.2) is 0 Å². The number of carboxylic acid groups (broad SMARTS) is 1. The van der Waals surface area contributed by atoms with Crippen LogP contribution in [0.5, 0.6) is 0 Å². The summed E-state index contributed by atoms with van der Waals surface area (Å²) in [7, 11) is 0. The van der Waals surface area contributed by atoms with E-state index in [1.54, 1.807) is 0 Å². The van der Waals surface area contributed by atoms with Gasteiger partial charge in [-0.25, -0.2) is 4.79 Å². The first-order chi connectivity index (χ1) is 8.35. The molecule has 0 saturated carbocycles. The minimum Gasteiger partial charge on any atom is -0.480 e. The fourth-order valence-corrected chi connectivity index (χ4v) is 2.28. The average Bonchev–Trinajstić information content (AvgIpc) is 2.28. The molecule has 5 nitrogen and oxygen atoms in total. The first kappa shape index (κ1) is 15.0. The topological polar surface area (TPSA) is 78.4 Å². The molecule has 0 bridgehead atoms. The lowest BCUT2D eigenvalue weighted by molar-refractivity contribution is -0.144. The van der Waals surface area contributed by atoms with Crippen molar-refractivity contribution in [2.45, 2.75) is 46.1 Å². The van der Waals surface area contributed by atoms with Gasteiger partial charge in [-0.15, -0.1) is 0 Å². The molecule has 0 radical (unpaired) electrons. The van der Waals surface area contributed by atoms with Crippen molar-refractivity contribution in [1.29, 1.82) is 0 Å². The summed E-state index contributed by atoms with van der Waals surface area (Å²) in [5, 5.41) is 15.0. The van der Waals surface area contributed by atoms with Gasteiger partial charge in [0.2, 0.25) is 5.91 Å². The molecule has 5 heteroatoms. The van der Waals surface area contributed by atoms with E-state index in [0.717, 1.165) is 19.4 Å². The van der Waals surface area contributed by atoms with Crippen molar-refractivity contribution in [2.75, 3.05) is 13.1 Å². The molecular formula is C13H24N2O3. The van der Waals surface area contributed by atoms with Gasteiger partial charge in [-0.05, 0) is 38.6 Å². The summed E-state index contributed by atoms with van der Waals surface area (Å²) >= 11 is 0. The van der Waals surface area contributed by atoms with Crippen LogP contribution in [0, 0.1) is 11.3 Å². The molecule has 1 amide bonds. The van der Waals surface area contributed by atoms with E-state index in [-0.39, 0.29) is 11.8 Å². The molecule has 1 rings (SSSR count). The van der Waals surface area contributed by atoms with E-state index in [9.17, 15) is 9.59 Å². The fraction of sp³-hybridized carbons (Fsp3) is 0.846. The predicted octanol–water partition coefficient (Wildman–Crippen LogP) is 0.992. The molecule has 0 aliphatic carbocycles. The zero-order valence-corrected chi connectivity index (χ0v) is 11.5. The smallest absolute Gasteiger partial charge is 0.326 e. The summed E-state index contributed by atoms with van der Waals surface area (Å²) in [4.78, 5) is 23.3. The minimum absolute atomic E-state index is 0.150. The Bertz CT molecular complexity index is 309. The van der Waals surface area contributed by atoms with Gasteiger partial charge in [0.1, 0.15) is 6.04 Å². The van der Waals surface area contributed by atoms with E-state index in [1.165, 1.54) is 0 Å². The van der Waals surface area contributed by atoms with Crippen molar-refractivity contribution in [2.24, 2.45) is 11.3 Å². The zero-order valence-electron chi connectivity index (χ0n) is 11.5. The Morgan fingerprint density at radius 2 is 2.11 bits per heavy atom. The maximum Gasteiger partial charge on any atom is 0.326 e. The zero-order chi connectivity index (χ0) is 13.8. The van der Waals surface area contributed by atoms with Gasteiger partial charge in [-0.2, -0.15) is 0 Å². The third-order valence-electron chi connectivity index (χ3n) is 3.46. The molecular weight excluding hydrogens is 232 g/mol. The summed E-state index contributed by atoms with van der Waals surface area (Å²) in [5.74, 6) is -0.865. The third-order valence-corrected chi connectivity index (χ3v) is 3.46. The van der Waals surface area contributed by atoms with E-state index < -0.39 is 17.4 Å². The molecule has 104 valence electrons. The van der Waals surface area contributed by atoms with Gasteiger partial charge in [0.15, 0.2) is 0 Å². The maximum atomic E-state index is 12.2. The van der Waals surface area contributed by atoms with Crippen LogP contribution < -0.4 is 10.6 Å². The average molecular weight is 256 g/mol. The van der Waals surface area contributed by atoms with Crippen LogP contribution in [0.2, 0.25) is 0 Å². The van der Waals surface area contributed by atoms with Gasteiger partial charge in [0.25, 0.3) is 0 Å². The molecule has 1 heterocycles. The number of hydrogen-bond acceptors (Lipinski definition) is 3. The second-order valence-electron chi connectivity index (χ2n) is 5.83. The van der Waals surface area contributed by atoms with Crippen LogP contribution in [0.4, 0.5) is 0 Å². The number of carbonyl (C=O) groups is 2. The van der Waals surface area contributed by atoms with Crippen molar-refractivity contribution in [3.8, 4) is 0 Å². The SMILES string of the molecule is CC(C)C[C@@H](NC(=O)C1(C)CCCNC1)C(=O)O. The summed E-state index contributed by atoms with van der Waals surface area (Å²) in [6, 6.07) is -0.781. The van der Waals surface area contributed by atoms with Gasteiger partial charge in [-0.1, -0.05) is 13.8 Å². The van der Waals surface area contributed by atoms with E-state index >= 15 is 0 Å². The Balaban J connectivity index is 2.62. The molecule has 1 saturated heterocycles. The molecule has 0 aromatic carbocycles. The van der Waals surface area contributed by atoms with Crippen LogP contribution in [-0.4, -0.2) is 36.1 Å². The van der Waals surface area contributed by atoms with E-state index in [4.69, 9.17) is 5.11 Å². The lowest BCUT2D eigenvalue weighted by Crippen LogP contribution is -2.53. The highest BCUT2D eigenvalue weighted by molar-refractivity contribution is 5.87. The van der Waals surface area contributed by atoms with E-state index in [1.807, 2.05) is 20.8 Å². The summed E-state index contributed by atoms with van der Waals surface area (Å²) in [6.07, 6.45) is 2.22. The van der Waals surface area contributed by atoms with Crippen molar-refractivity contribution < 1.29 is 14.7 Å². The second-order valence-corrected chi connectivity index (χ2v) is 5.83. The Labute approximate surface area is 108 Å².